The van der Waals surface area contributed by atoms with Crippen LogP contribution in [0.3, 0.4) is 0 Å². The summed E-state index contributed by atoms with van der Waals surface area (Å²) in [7, 11) is -3.88. The summed E-state index contributed by atoms with van der Waals surface area (Å²) >= 11 is 0. The van der Waals surface area contributed by atoms with Gasteiger partial charge in [-0.15, -0.1) is 0 Å². The van der Waals surface area contributed by atoms with Gasteiger partial charge in [-0.3, -0.25) is 4.57 Å². The van der Waals surface area contributed by atoms with Gasteiger partial charge >= 0.3 is 6.18 Å². The molecule has 3 aromatic rings. The van der Waals surface area contributed by atoms with Crippen LogP contribution < -0.4 is 5.14 Å². The Morgan fingerprint density at radius 3 is 2.50 bits per heavy atom. The number of primary sulfonamides is 1. The number of alkyl halides is 3. The van der Waals surface area contributed by atoms with Gasteiger partial charge in [0.2, 0.25) is 10.0 Å². The van der Waals surface area contributed by atoms with Crippen molar-refractivity contribution in [2.24, 2.45) is 5.14 Å². The maximum absolute atomic E-state index is 12.6. The Hall–Kier alpha value is -2.65. The highest BCUT2D eigenvalue weighted by Gasteiger charge is 2.27. The Bertz CT molecular complexity index is 1040. The van der Waals surface area contributed by atoms with E-state index in [9.17, 15) is 21.6 Å². The molecule has 0 fully saturated rings. The molecule has 1 aromatic heterocycles. The van der Waals surface area contributed by atoms with Gasteiger partial charge in [0.15, 0.2) is 0 Å². The highest BCUT2D eigenvalue weighted by Crippen LogP contribution is 2.26. The lowest BCUT2D eigenvalue weighted by Crippen LogP contribution is -2.12. The second-order valence-electron chi connectivity index (χ2n) is 5.66. The average Bonchev–Trinajstić information content (AvgIpc) is 3.02. The number of aromatic nitrogens is 2. The number of rotatable bonds is 4. The first kappa shape index (κ1) is 18.2. The maximum Gasteiger partial charge on any atom is 0.393 e. The minimum absolute atomic E-state index is 0.0690. The van der Waals surface area contributed by atoms with Crippen LogP contribution in [0, 0.1) is 0 Å². The van der Waals surface area contributed by atoms with Crippen molar-refractivity contribution < 1.29 is 21.6 Å². The Morgan fingerprint density at radius 2 is 1.81 bits per heavy atom. The zero-order valence-corrected chi connectivity index (χ0v) is 14.1. The standard InChI is InChI=1S/C17H14F3N3O2S/c18-17(19,20)11-12-3-1-4-13(9-12)16-22-7-8-23(16)14-5-2-6-15(10-14)26(21,24)25/h1-10H,11H2,(H2,21,24,25). The fourth-order valence-electron chi connectivity index (χ4n) is 2.59. The lowest BCUT2D eigenvalue weighted by molar-refractivity contribution is -0.127. The van der Waals surface area contributed by atoms with Crippen LogP contribution in [0.4, 0.5) is 13.2 Å². The molecular weight excluding hydrogens is 367 g/mol. The van der Waals surface area contributed by atoms with Crippen molar-refractivity contribution in [3.05, 3.63) is 66.5 Å². The highest BCUT2D eigenvalue weighted by molar-refractivity contribution is 7.89. The van der Waals surface area contributed by atoms with E-state index in [2.05, 4.69) is 4.98 Å². The first-order valence-corrected chi connectivity index (χ1v) is 9.01. The van der Waals surface area contributed by atoms with Crippen LogP contribution in [0.15, 0.2) is 65.8 Å². The molecule has 3 rings (SSSR count). The van der Waals surface area contributed by atoms with E-state index in [1.54, 1.807) is 22.9 Å². The number of benzene rings is 2. The Labute approximate surface area is 148 Å². The lowest BCUT2D eigenvalue weighted by Gasteiger charge is -2.11. The smallest absolute Gasteiger partial charge is 0.300 e. The van der Waals surface area contributed by atoms with E-state index in [0.29, 0.717) is 17.1 Å². The van der Waals surface area contributed by atoms with E-state index < -0.39 is 22.6 Å². The second kappa shape index (κ2) is 6.58. The first-order chi connectivity index (χ1) is 12.1. The molecule has 0 aliphatic heterocycles. The number of nitrogens with two attached hydrogens (primary N) is 1. The van der Waals surface area contributed by atoms with Crippen molar-refractivity contribution >= 4 is 10.0 Å². The van der Waals surface area contributed by atoms with Gasteiger partial charge in [0.05, 0.1) is 11.3 Å². The Morgan fingerprint density at radius 1 is 1.08 bits per heavy atom. The predicted molar refractivity (Wildman–Crippen MR) is 90.1 cm³/mol. The number of halogens is 3. The largest absolute Gasteiger partial charge is 0.393 e. The van der Waals surface area contributed by atoms with Crippen molar-refractivity contribution in [1.29, 1.82) is 0 Å². The van der Waals surface area contributed by atoms with Crippen LogP contribution in [0.5, 0.6) is 0 Å². The van der Waals surface area contributed by atoms with Gasteiger partial charge in [-0.2, -0.15) is 13.2 Å². The molecular formula is C17H14F3N3O2S. The Kier molecular flexibility index (Phi) is 4.59. The third kappa shape index (κ3) is 4.12. The van der Waals surface area contributed by atoms with Crippen LogP contribution in [0.2, 0.25) is 0 Å². The molecule has 5 nitrogen and oxygen atoms in total. The zero-order valence-electron chi connectivity index (χ0n) is 13.3. The maximum atomic E-state index is 12.6. The topological polar surface area (TPSA) is 78.0 Å². The number of nitrogens with zero attached hydrogens (tertiary/aromatic N) is 2. The van der Waals surface area contributed by atoms with Crippen molar-refractivity contribution in [1.82, 2.24) is 9.55 Å². The van der Waals surface area contributed by atoms with Crippen LogP contribution >= 0.6 is 0 Å². The molecule has 9 heteroatoms. The fourth-order valence-corrected chi connectivity index (χ4v) is 3.14. The van der Waals surface area contributed by atoms with E-state index >= 15 is 0 Å². The molecule has 1 heterocycles. The van der Waals surface area contributed by atoms with Crippen LogP contribution in [0.25, 0.3) is 17.1 Å². The third-order valence-corrected chi connectivity index (χ3v) is 4.57. The van der Waals surface area contributed by atoms with E-state index in [-0.39, 0.29) is 10.5 Å². The van der Waals surface area contributed by atoms with Gasteiger partial charge < -0.3 is 0 Å². The summed E-state index contributed by atoms with van der Waals surface area (Å²) in [4.78, 5) is 4.12. The first-order valence-electron chi connectivity index (χ1n) is 7.46. The van der Waals surface area contributed by atoms with Crippen LogP contribution in [-0.2, 0) is 16.4 Å². The van der Waals surface area contributed by atoms with E-state index in [1.165, 1.54) is 42.6 Å². The average molecular weight is 381 g/mol. The van der Waals surface area contributed by atoms with Gasteiger partial charge in [0.25, 0.3) is 0 Å². The summed E-state index contributed by atoms with van der Waals surface area (Å²) in [6.45, 7) is 0. The number of imidazole rings is 1. The summed E-state index contributed by atoms with van der Waals surface area (Å²) in [5, 5.41) is 5.15. The monoisotopic (exact) mass is 381 g/mol. The molecule has 0 saturated heterocycles. The van der Waals surface area contributed by atoms with E-state index in [0.717, 1.165) is 0 Å². The lowest BCUT2D eigenvalue weighted by atomic mass is 10.1. The molecule has 2 aromatic carbocycles. The van der Waals surface area contributed by atoms with Gasteiger partial charge in [0.1, 0.15) is 5.82 Å². The molecule has 0 bridgehead atoms. The molecule has 0 unspecified atom stereocenters. The van der Waals surface area contributed by atoms with Gasteiger partial charge in [-0.25, -0.2) is 18.5 Å². The summed E-state index contributed by atoms with van der Waals surface area (Å²) < 4.78 is 62.5. The van der Waals surface area contributed by atoms with Gasteiger partial charge in [0, 0.05) is 23.6 Å². The highest BCUT2D eigenvalue weighted by atomic mass is 32.2. The van der Waals surface area contributed by atoms with Gasteiger partial charge in [-0.1, -0.05) is 24.3 Å². The molecule has 26 heavy (non-hydrogen) atoms. The summed E-state index contributed by atoms with van der Waals surface area (Å²) in [6.07, 6.45) is -2.27. The SMILES string of the molecule is NS(=O)(=O)c1cccc(-n2ccnc2-c2cccc(CC(F)(F)F)c2)c1. The number of hydrogen-bond acceptors (Lipinski definition) is 3. The molecule has 0 aliphatic carbocycles. The molecule has 0 spiro atoms. The molecule has 0 atom stereocenters. The number of sulfonamides is 1. The molecule has 0 radical (unpaired) electrons. The predicted octanol–water partition coefficient (Wildman–Crippen LogP) is 3.29. The Balaban J connectivity index is 2.04. The molecule has 0 saturated carbocycles. The molecule has 0 aliphatic rings. The van der Waals surface area contributed by atoms with Gasteiger partial charge in [-0.05, 0) is 29.8 Å². The summed E-state index contributed by atoms with van der Waals surface area (Å²) in [5.74, 6) is 0.389. The van der Waals surface area contributed by atoms with Crippen molar-refractivity contribution in [3.63, 3.8) is 0 Å². The summed E-state index contributed by atoms with van der Waals surface area (Å²) in [6, 6.07) is 11.9. The second-order valence-corrected chi connectivity index (χ2v) is 7.22. The number of hydrogen-bond donors (Lipinski definition) is 1. The van der Waals surface area contributed by atoms with Crippen LogP contribution in [0.1, 0.15) is 5.56 Å². The van der Waals surface area contributed by atoms with Crippen molar-refractivity contribution in [2.45, 2.75) is 17.5 Å². The zero-order chi connectivity index (χ0) is 18.9. The summed E-state index contributed by atoms with van der Waals surface area (Å²) in [5.41, 5.74) is 1.07. The third-order valence-electron chi connectivity index (χ3n) is 3.65. The quantitative estimate of drug-likeness (QED) is 0.753. The minimum Gasteiger partial charge on any atom is -0.300 e. The molecule has 136 valence electrons. The van der Waals surface area contributed by atoms with Crippen LogP contribution in [-0.4, -0.2) is 24.1 Å². The van der Waals surface area contributed by atoms with E-state index in [1.807, 2.05) is 0 Å². The minimum atomic E-state index is -4.31. The molecule has 2 N–H and O–H groups in total. The van der Waals surface area contributed by atoms with E-state index in [4.69, 9.17) is 5.14 Å². The van der Waals surface area contributed by atoms with Crippen molar-refractivity contribution in [2.75, 3.05) is 0 Å². The van der Waals surface area contributed by atoms with Crippen molar-refractivity contribution in [3.8, 4) is 17.1 Å². The normalized spacial score (nSPS) is 12.3. The molecule has 0 amide bonds. The fraction of sp³-hybridized carbons (Fsp3) is 0.118.